The van der Waals surface area contributed by atoms with Crippen LogP contribution in [0.15, 0.2) is 0 Å². The van der Waals surface area contributed by atoms with Gasteiger partial charge >= 0.3 is 0 Å². The Kier molecular flexibility index (Phi) is 3.82. The quantitative estimate of drug-likeness (QED) is 0.644. The van der Waals surface area contributed by atoms with Crippen molar-refractivity contribution in [2.24, 2.45) is 0 Å². The minimum atomic E-state index is 0.545. The zero-order valence-electron chi connectivity index (χ0n) is 9.37. The highest BCUT2D eigenvalue weighted by molar-refractivity contribution is 4.87. The second-order valence-corrected chi connectivity index (χ2v) is 4.68. The highest BCUT2D eigenvalue weighted by Crippen LogP contribution is 2.26. The maximum atomic E-state index is 5.59. The van der Waals surface area contributed by atoms with Crippen LogP contribution in [-0.2, 0) is 4.74 Å². The van der Waals surface area contributed by atoms with Crippen LogP contribution in [0.2, 0.25) is 0 Å². The van der Waals surface area contributed by atoms with Crippen molar-refractivity contribution in [2.45, 2.75) is 57.6 Å². The summed E-state index contributed by atoms with van der Waals surface area (Å²) in [6.45, 7) is 5.36. The van der Waals surface area contributed by atoms with Gasteiger partial charge in [0.05, 0.1) is 6.10 Å². The molecule has 2 heteroatoms. The lowest BCUT2D eigenvalue weighted by atomic mass is 10.0. The number of hydrogen-bond acceptors (Lipinski definition) is 2. The first kappa shape index (κ1) is 10.4. The molecular weight excluding hydrogens is 174 g/mol. The molecule has 0 unspecified atom stereocenters. The maximum Gasteiger partial charge on any atom is 0.0828 e. The van der Waals surface area contributed by atoms with Gasteiger partial charge in [0, 0.05) is 25.7 Å². The molecule has 14 heavy (non-hydrogen) atoms. The molecule has 1 aliphatic carbocycles. The van der Waals surface area contributed by atoms with Crippen molar-refractivity contribution in [3.8, 4) is 0 Å². The highest BCUT2D eigenvalue weighted by Gasteiger charge is 2.32. The van der Waals surface area contributed by atoms with Gasteiger partial charge in [-0.05, 0) is 19.8 Å². The topological polar surface area (TPSA) is 12.5 Å². The minimum Gasteiger partial charge on any atom is -0.376 e. The summed E-state index contributed by atoms with van der Waals surface area (Å²) >= 11 is 0. The first-order valence-corrected chi connectivity index (χ1v) is 6.26. The van der Waals surface area contributed by atoms with Crippen molar-refractivity contribution in [2.75, 3.05) is 19.7 Å². The van der Waals surface area contributed by atoms with Crippen molar-refractivity contribution >= 4 is 0 Å². The van der Waals surface area contributed by atoms with Crippen molar-refractivity contribution < 1.29 is 4.74 Å². The largest absolute Gasteiger partial charge is 0.376 e. The van der Waals surface area contributed by atoms with Crippen LogP contribution in [0.3, 0.4) is 0 Å². The minimum absolute atomic E-state index is 0.545. The van der Waals surface area contributed by atoms with Gasteiger partial charge in [0.1, 0.15) is 0 Å². The van der Waals surface area contributed by atoms with Crippen molar-refractivity contribution in [1.82, 2.24) is 4.90 Å². The van der Waals surface area contributed by atoms with Gasteiger partial charge < -0.3 is 4.74 Å². The fraction of sp³-hybridized carbons (Fsp3) is 1.00. The molecule has 1 heterocycles. The molecule has 2 nitrogen and oxygen atoms in total. The van der Waals surface area contributed by atoms with Crippen molar-refractivity contribution in [1.29, 1.82) is 0 Å². The van der Waals surface area contributed by atoms with E-state index in [4.69, 9.17) is 4.74 Å². The highest BCUT2D eigenvalue weighted by atomic mass is 16.5. The number of nitrogens with zero attached hydrogens (tertiary/aromatic N) is 1. The van der Waals surface area contributed by atoms with Crippen molar-refractivity contribution in [3.63, 3.8) is 0 Å². The molecule has 0 N–H and O–H groups in total. The smallest absolute Gasteiger partial charge is 0.0828 e. The van der Waals surface area contributed by atoms with Crippen LogP contribution >= 0.6 is 0 Å². The van der Waals surface area contributed by atoms with E-state index in [1.54, 1.807) is 0 Å². The summed E-state index contributed by atoms with van der Waals surface area (Å²) < 4.78 is 5.59. The summed E-state index contributed by atoms with van der Waals surface area (Å²) in [6, 6.07) is 0.884. The predicted octanol–water partition coefficient (Wildman–Crippen LogP) is 2.43. The maximum absolute atomic E-state index is 5.59. The number of hydrogen-bond donors (Lipinski definition) is 0. The normalized spacial score (nSPS) is 27.2. The van der Waals surface area contributed by atoms with Gasteiger partial charge in [-0.15, -0.1) is 0 Å². The molecule has 82 valence electrons. The zero-order valence-corrected chi connectivity index (χ0v) is 9.37. The zero-order chi connectivity index (χ0) is 9.80. The summed E-state index contributed by atoms with van der Waals surface area (Å²) in [7, 11) is 0. The summed E-state index contributed by atoms with van der Waals surface area (Å²) in [4.78, 5) is 2.63. The molecule has 0 radical (unpaired) electrons. The van der Waals surface area contributed by atoms with Gasteiger partial charge in [0.25, 0.3) is 0 Å². The molecule has 0 bridgehead atoms. The van der Waals surface area contributed by atoms with E-state index in [1.807, 2.05) is 0 Å². The predicted molar refractivity (Wildman–Crippen MR) is 58.5 cm³/mol. The monoisotopic (exact) mass is 197 g/mol. The summed E-state index contributed by atoms with van der Waals surface area (Å²) in [5, 5.41) is 0. The van der Waals surface area contributed by atoms with E-state index in [0.717, 1.165) is 12.6 Å². The van der Waals surface area contributed by atoms with Crippen LogP contribution in [0.5, 0.6) is 0 Å². The first-order chi connectivity index (χ1) is 6.90. The molecule has 1 saturated carbocycles. The van der Waals surface area contributed by atoms with Crippen LogP contribution < -0.4 is 0 Å². The van der Waals surface area contributed by atoms with E-state index < -0.39 is 0 Å². The molecule has 0 aromatic heterocycles. The van der Waals surface area contributed by atoms with Gasteiger partial charge in [-0.25, -0.2) is 0 Å². The van der Waals surface area contributed by atoms with Gasteiger partial charge in [-0.3, -0.25) is 4.90 Å². The third-order valence-electron chi connectivity index (χ3n) is 3.62. The third kappa shape index (κ3) is 2.48. The average Bonchev–Trinajstić information content (AvgIpc) is 2.38. The first-order valence-electron chi connectivity index (χ1n) is 6.26. The van der Waals surface area contributed by atoms with Crippen LogP contribution in [-0.4, -0.2) is 36.7 Å². The molecule has 2 rings (SSSR count). The Balaban J connectivity index is 1.69. The SMILES string of the molecule is CCOC1CN(C2CCCCCC2)C1. The number of ether oxygens (including phenoxy) is 1. The fourth-order valence-electron chi connectivity index (χ4n) is 2.73. The Morgan fingerprint density at radius 3 is 2.29 bits per heavy atom. The van der Waals surface area contributed by atoms with Gasteiger partial charge in [0.2, 0.25) is 0 Å². The molecule has 0 atom stereocenters. The molecule has 1 aliphatic heterocycles. The van der Waals surface area contributed by atoms with Crippen LogP contribution in [0.4, 0.5) is 0 Å². The van der Waals surface area contributed by atoms with E-state index in [-0.39, 0.29) is 0 Å². The van der Waals surface area contributed by atoms with Crippen LogP contribution in [0.25, 0.3) is 0 Å². The molecular formula is C12H23NO. The lowest BCUT2D eigenvalue weighted by Gasteiger charge is -2.43. The molecule has 2 fully saturated rings. The molecule has 0 amide bonds. The van der Waals surface area contributed by atoms with E-state index in [1.165, 1.54) is 51.6 Å². The van der Waals surface area contributed by atoms with E-state index in [9.17, 15) is 0 Å². The van der Waals surface area contributed by atoms with Crippen molar-refractivity contribution in [3.05, 3.63) is 0 Å². The molecule has 0 spiro atoms. The third-order valence-corrected chi connectivity index (χ3v) is 3.62. The fourth-order valence-corrected chi connectivity index (χ4v) is 2.73. The second kappa shape index (κ2) is 5.13. The van der Waals surface area contributed by atoms with Crippen LogP contribution in [0, 0.1) is 0 Å². The summed E-state index contributed by atoms with van der Waals surface area (Å²) in [6.07, 6.45) is 9.21. The lowest BCUT2D eigenvalue weighted by molar-refractivity contribution is -0.0700. The Morgan fingerprint density at radius 2 is 1.71 bits per heavy atom. The van der Waals surface area contributed by atoms with E-state index >= 15 is 0 Å². The molecule has 2 aliphatic rings. The molecule has 1 saturated heterocycles. The van der Waals surface area contributed by atoms with Gasteiger partial charge in [-0.1, -0.05) is 25.7 Å². The Morgan fingerprint density at radius 1 is 1.07 bits per heavy atom. The Hall–Kier alpha value is -0.0800. The average molecular weight is 197 g/mol. The molecule has 0 aromatic carbocycles. The van der Waals surface area contributed by atoms with Crippen LogP contribution in [0.1, 0.15) is 45.4 Å². The summed E-state index contributed by atoms with van der Waals surface area (Å²) in [5.41, 5.74) is 0. The second-order valence-electron chi connectivity index (χ2n) is 4.68. The number of likely N-dealkylation sites (tertiary alicyclic amines) is 1. The van der Waals surface area contributed by atoms with E-state index in [2.05, 4.69) is 11.8 Å². The Labute approximate surface area is 87.6 Å². The molecule has 0 aromatic rings. The lowest BCUT2D eigenvalue weighted by Crippen LogP contribution is -2.56. The van der Waals surface area contributed by atoms with E-state index in [0.29, 0.717) is 6.10 Å². The van der Waals surface area contributed by atoms with Gasteiger partial charge in [0.15, 0.2) is 0 Å². The standard InChI is InChI=1S/C12H23NO/c1-2-14-12-9-13(10-12)11-7-5-3-4-6-8-11/h11-12H,2-10H2,1H3. The Bertz CT molecular complexity index is 158. The summed E-state index contributed by atoms with van der Waals surface area (Å²) in [5.74, 6) is 0. The van der Waals surface area contributed by atoms with Gasteiger partial charge in [-0.2, -0.15) is 0 Å². The number of rotatable bonds is 3.